The first kappa shape index (κ1) is 27.3. The molecule has 0 fully saturated rings. The molecule has 0 saturated carbocycles. The second kappa shape index (κ2) is 12.7. The van der Waals surface area contributed by atoms with Crippen molar-refractivity contribution < 1.29 is 23.8 Å². The van der Waals surface area contributed by atoms with Gasteiger partial charge in [-0.3, -0.25) is 9.59 Å². The lowest BCUT2D eigenvalue weighted by molar-refractivity contribution is -0.134. The normalized spacial score (nSPS) is 24.6. The molecule has 39 heavy (non-hydrogen) atoms. The van der Waals surface area contributed by atoms with Crippen molar-refractivity contribution in [3.63, 3.8) is 0 Å². The molecule has 3 heterocycles. The van der Waals surface area contributed by atoms with Crippen molar-refractivity contribution in [2.24, 2.45) is 0 Å². The molecule has 3 N–H and O–H groups in total. The first-order chi connectivity index (χ1) is 19.1. The number of carbonyl (C=O) groups is 2. The van der Waals surface area contributed by atoms with Crippen LogP contribution in [0.1, 0.15) is 66.9 Å². The number of methoxy groups -OCH3 is 2. The zero-order valence-corrected chi connectivity index (χ0v) is 23.0. The van der Waals surface area contributed by atoms with Crippen LogP contribution in [-0.2, 0) is 9.59 Å². The molecule has 0 spiro atoms. The zero-order chi connectivity index (χ0) is 27.2. The lowest BCUT2D eigenvalue weighted by Gasteiger charge is -2.28. The molecular formula is C30H40N4O5. The van der Waals surface area contributed by atoms with E-state index < -0.39 is 12.0 Å². The molecule has 0 aliphatic carbocycles. The van der Waals surface area contributed by atoms with Crippen molar-refractivity contribution in [3.8, 4) is 17.2 Å². The van der Waals surface area contributed by atoms with Crippen LogP contribution in [-0.4, -0.2) is 70.2 Å². The SMILES string of the molecule is COc1ccc([C@@H]2Oc3ccc4cc3[C@H]2C(=O)N2CCCCNCCCN[C@H]4CC(=O)NCCC2)cc1OC. The van der Waals surface area contributed by atoms with Crippen molar-refractivity contribution in [1.29, 1.82) is 0 Å². The van der Waals surface area contributed by atoms with Gasteiger partial charge in [0, 0.05) is 37.7 Å². The Labute approximate surface area is 230 Å². The molecule has 0 radical (unpaired) electrons. The summed E-state index contributed by atoms with van der Waals surface area (Å²) in [4.78, 5) is 29.2. The average Bonchev–Trinajstić information content (AvgIpc) is 3.34. The molecular weight excluding hydrogens is 496 g/mol. The van der Waals surface area contributed by atoms with Gasteiger partial charge in [0.1, 0.15) is 17.8 Å². The van der Waals surface area contributed by atoms with E-state index in [2.05, 4.69) is 22.0 Å². The summed E-state index contributed by atoms with van der Waals surface area (Å²) >= 11 is 0. The smallest absolute Gasteiger partial charge is 0.234 e. The molecule has 2 aromatic carbocycles. The number of carbonyl (C=O) groups excluding carboxylic acids is 2. The van der Waals surface area contributed by atoms with Crippen LogP contribution in [0.4, 0.5) is 0 Å². The van der Waals surface area contributed by atoms with Crippen LogP contribution in [0.15, 0.2) is 36.4 Å². The summed E-state index contributed by atoms with van der Waals surface area (Å²) in [7, 11) is 3.21. The van der Waals surface area contributed by atoms with Gasteiger partial charge in [-0.25, -0.2) is 0 Å². The third-order valence-electron chi connectivity index (χ3n) is 7.91. The van der Waals surface area contributed by atoms with Crippen molar-refractivity contribution in [1.82, 2.24) is 20.9 Å². The molecule has 5 rings (SSSR count). The molecule has 2 amide bonds. The van der Waals surface area contributed by atoms with Gasteiger partial charge in [-0.05, 0) is 80.7 Å². The molecule has 9 heteroatoms. The van der Waals surface area contributed by atoms with E-state index in [4.69, 9.17) is 14.2 Å². The molecule has 3 aliphatic heterocycles. The van der Waals surface area contributed by atoms with Gasteiger partial charge in [-0.1, -0.05) is 12.1 Å². The zero-order valence-electron chi connectivity index (χ0n) is 23.0. The molecule has 3 atom stereocenters. The van der Waals surface area contributed by atoms with E-state index in [0.717, 1.165) is 55.6 Å². The van der Waals surface area contributed by atoms with Gasteiger partial charge in [0.15, 0.2) is 11.5 Å². The first-order valence-electron chi connectivity index (χ1n) is 14.1. The summed E-state index contributed by atoms with van der Waals surface area (Å²) in [5.41, 5.74) is 2.73. The van der Waals surface area contributed by atoms with E-state index in [9.17, 15) is 9.59 Å². The van der Waals surface area contributed by atoms with Gasteiger partial charge in [-0.15, -0.1) is 0 Å². The van der Waals surface area contributed by atoms with E-state index in [1.165, 1.54) is 0 Å². The molecule has 0 aromatic heterocycles. The molecule has 2 aromatic rings. The van der Waals surface area contributed by atoms with Crippen LogP contribution >= 0.6 is 0 Å². The average molecular weight is 537 g/mol. The molecule has 9 nitrogen and oxygen atoms in total. The highest BCUT2D eigenvalue weighted by Crippen LogP contribution is 2.49. The topological polar surface area (TPSA) is 101 Å². The lowest BCUT2D eigenvalue weighted by atomic mass is 9.87. The van der Waals surface area contributed by atoms with Gasteiger partial charge in [-0.2, -0.15) is 0 Å². The van der Waals surface area contributed by atoms with Crippen LogP contribution < -0.4 is 30.2 Å². The minimum Gasteiger partial charge on any atom is -0.493 e. The number of fused-ring (bicyclic) bond motifs is 1. The lowest BCUT2D eigenvalue weighted by Crippen LogP contribution is -2.39. The maximum Gasteiger partial charge on any atom is 0.234 e. The Morgan fingerprint density at radius 1 is 0.846 bits per heavy atom. The summed E-state index contributed by atoms with van der Waals surface area (Å²) in [6.45, 7) is 4.43. The molecule has 0 unspecified atom stereocenters. The minimum absolute atomic E-state index is 0.0172. The number of nitrogens with one attached hydrogen (secondary N) is 3. The van der Waals surface area contributed by atoms with Crippen molar-refractivity contribution in [3.05, 3.63) is 53.1 Å². The Kier molecular flexibility index (Phi) is 8.88. The molecule has 0 saturated heterocycles. The Morgan fingerprint density at radius 3 is 2.49 bits per heavy atom. The molecule has 210 valence electrons. The summed E-state index contributed by atoms with van der Waals surface area (Å²) < 4.78 is 17.5. The Balaban J connectivity index is 1.59. The molecule has 3 aliphatic rings. The van der Waals surface area contributed by atoms with Crippen LogP contribution in [0.3, 0.4) is 0 Å². The van der Waals surface area contributed by atoms with Gasteiger partial charge in [0.2, 0.25) is 11.8 Å². The van der Waals surface area contributed by atoms with Gasteiger partial charge in [0.05, 0.1) is 14.2 Å². The maximum absolute atomic E-state index is 14.4. The largest absolute Gasteiger partial charge is 0.493 e. The first-order valence-corrected chi connectivity index (χ1v) is 14.1. The van der Waals surface area contributed by atoms with Crippen LogP contribution in [0, 0.1) is 0 Å². The van der Waals surface area contributed by atoms with Gasteiger partial charge in [0.25, 0.3) is 0 Å². The monoisotopic (exact) mass is 536 g/mol. The summed E-state index contributed by atoms with van der Waals surface area (Å²) in [6.07, 6.45) is 3.43. The highest BCUT2D eigenvalue weighted by molar-refractivity contribution is 5.87. The Bertz CT molecular complexity index is 1170. The van der Waals surface area contributed by atoms with E-state index >= 15 is 0 Å². The quantitative estimate of drug-likeness (QED) is 0.554. The predicted octanol–water partition coefficient (Wildman–Crippen LogP) is 3.06. The maximum atomic E-state index is 14.4. The number of nitrogens with zero attached hydrogens (tertiary/aromatic N) is 1. The van der Waals surface area contributed by atoms with Gasteiger partial charge < -0.3 is 35.1 Å². The standard InChI is InChI=1S/C30H40N4O5/c1-37-25-10-8-21(18-26(25)38-2)29-28-22-17-20(7-9-24(22)39-29)23-19-27(35)33-14-6-16-34(30(28)36)15-4-3-11-31-12-5-13-32-23/h7-10,17-18,23,28-29,31-32H,3-6,11-16,19H2,1-2H3,(H,33,35)/t23-,28+,29-/m0/s1. The fraction of sp³-hybridized carbons (Fsp3) is 0.533. The minimum atomic E-state index is -0.505. The van der Waals surface area contributed by atoms with Crippen molar-refractivity contribution >= 4 is 11.8 Å². The summed E-state index contributed by atoms with van der Waals surface area (Å²) in [6, 6.07) is 11.6. The Hall–Kier alpha value is -3.30. The van der Waals surface area contributed by atoms with Crippen LogP contribution in [0.2, 0.25) is 0 Å². The second-order valence-electron chi connectivity index (χ2n) is 10.5. The third-order valence-corrected chi connectivity index (χ3v) is 7.91. The number of amides is 2. The van der Waals surface area contributed by atoms with Crippen molar-refractivity contribution in [2.75, 3.05) is 53.5 Å². The summed E-state index contributed by atoms with van der Waals surface area (Å²) in [5, 5.41) is 10.2. The second-order valence-corrected chi connectivity index (χ2v) is 10.5. The van der Waals surface area contributed by atoms with Crippen LogP contribution in [0.5, 0.6) is 17.2 Å². The Morgan fingerprint density at radius 2 is 1.64 bits per heavy atom. The van der Waals surface area contributed by atoms with E-state index in [1.54, 1.807) is 14.2 Å². The van der Waals surface area contributed by atoms with Crippen LogP contribution in [0.25, 0.3) is 0 Å². The third kappa shape index (κ3) is 6.15. The fourth-order valence-electron chi connectivity index (χ4n) is 5.81. The predicted molar refractivity (Wildman–Crippen MR) is 148 cm³/mol. The number of hydrogen-bond acceptors (Lipinski definition) is 7. The number of ether oxygens (including phenoxy) is 3. The van der Waals surface area contributed by atoms with Gasteiger partial charge >= 0.3 is 0 Å². The highest BCUT2D eigenvalue weighted by Gasteiger charge is 2.43. The summed E-state index contributed by atoms with van der Waals surface area (Å²) in [5.74, 6) is 1.50. The number of rotatable bonds is 3. The number of benzene rings is 2. The van der Waals surface area contributed by atoms with Crippen molar-refractivity contribution in [2.45, 2.75) is 50.2 Å². The van der Waals surface area contributed by atoms with E-state index in [0.29, 0.717) is 49.7 Å². The number of hydrogen-bond donors (Lipinski definition) is 3. The van der Waals surface area contributed by atoms with E-state index in [-0.39, 0.29) is 17.9 Å². The van der Waals surface area contributed by atoms with E-state index in [1.807, 2.05) is 35.2 Å². The fourth-order valence-corrected chi connectivity index (χ4v) is 5.81. The molecule has 4 bridgehead atoms. The highest BCUT2D eigenvalue weighted by atomic mass is 16.5.